The number of hydrogen-bond donors (Lipinski definition) is 1. The van der Waals surface area contributed by atoms with Crippen LogP contribution in [-0.2, 0) is 31.4 Å². The Morgan fingerprint density at radius 1 is 1.00 bits per heavy atom. The van der Waals surface area contributed by atoms with Gasteiger partial charge >= 0.3 is 0 Å². The average Bonchev–Trinajstić information content (AvgIpc) is 2.76. The fraction of sp³-hybridized carbons (Fsp3) is 0.440. The lowest BCUT2D eigenvalue weighted by atomic mass is 9.87. The Kier molecular flexibility index (Phi) is 8.66. The molecule has 0 aliphatic rings. The van der Waals surface area contributed by atoms with Crippen molar-refractivity contribution in [3.05, 3.63) is 65.7 Å². The van der Waals surface area contributed by atoms with Gasteiger partial charge in [0, 0.05) is 13.6 Å². The van der Waals surface area contributed by atoms with Gasteiger partial charge in [-0.1, -0.05) is 63.2 Å². The lowest BCUT2D eigenvalue weighted by Gasteiger charge is -2.31. The predicted molar refractivity (Wildman–Crippen MR) is 133 cm³/mol. The fourth-order valence-electron chi connectivity index (χ4n) is 3.52. The first-order chi connectivity index (χ1) is 15.3. The van der Waals surface area contributed by atoms with Gasteiger partial charge in [0.2, 0.25) is 21.8 Å². The number of sulfonamides is 1. The normalized spacial score (nSPS) is 12.7. The van der Waals surface area contributed by atoms with Gasteiger partial charge in [0.05, 0.1) is 11.9 Å². The van der Waals surface area contributed by atoms with E-state index in [1.54, 1.807) is 19.1 Å². The monoisotopic (exact) mass is 473 g/mol. The summed E-state index contributed by atoms with van der Waals surface area (Å²) in [6.45, 7) is 7.77. The minimum Gasteiger partial charge on any atom is -0.357 e. The molecule has 8 heteroatoms. The first-order valence-corrected chi connectivity index (χ1v) is 12.8. The Hall–Kier alpha value is -2.87. The minimum atomic E-state index is -3.73. The number of carbonyl (C=O) groups is 2. The highest BCUT2D eigenvalue weighted by molar-refractivity contribution is 7.92. The van der Waals surface area contributed by atoms with Crippen molar-refractivity contribution < 1.29 is 18.0 Å². The number of rotatable bonds is 9. The van der Waals surface area contributed by atoms with Crippen molar-refractivity contribution in [3.63, 3.8) is 0 Å². The van der Waals surface area contributed by atoms with E-state index < -0.39 is 22.0 Å². The molecule has 0 aliphatic carbocycles. The second-order valence-corrected chi connectivity index (χ2v) is 11.1. The van der Waals surface area contributed by atoms with Crippen LogP contribution in [0.15, 0.2) is 54.6 Å². The van der Waals surface area contributed by atoms with E-state index in [4.69, 9.17) is 0 Å². The van der Waals surface area contributed by atoms with E-state index in [1.165, 1.54) is 11.9 Å². The Balaban J connectivity index is 2.30. The third-order valence-electron chi connectivity index (χ3n) is 5.60. The van der Waals surface area contributed by atoms with E-state index in [-0.39, 0.29) is 24.4 Å². The van der Waals surface area contributed by atoms with E-state index in [0.29, 0.717) is 12.1 Å². The number of amides is 2. The van der Waals surface area contributed by atoms with Gasteiger partial charge in [-0.2, -0.15) is 0 Å². The number of nitrogens with zero attached hydrogens (tertiary/aromatic N) is 2. The summed E-state index contributed by atoms with van der Waals surface area (Å²) >= 11 is 0. The molecule has 0 saturated heterocycles. The van der Waals surface area contributed by atoms with Crippen molar-refractivity contribution in [2.24, 2.45) is 0 Å². The highest BCUT2D eigenvalue weighted by atomic mass is 32.2. The fourth-order valence-corrected chi connectivity index (χ4v) is 4.37. The maximum atomic E-state index is 13.3. The second kappa shape index (κ2) is 10.8. The zero-order chi connectivity index (χ0) is 24.8. The molecule has 2 aromatic carbocycles. The summed E-state index contributed by atoms with van der Waals surface area (Å²) in [7, 11) is -2.22. The smallest absolute Gasteiger partial charge is 0.244 e. The highest BCUT2D eigenvalue weighted by Gasteiger charge is 2.29. The molecule has 0 aromatic heterocycles. The molecule has 0 bridgehead atoms. The molecule has 2 rings (SSSR count). The van der Waals surface area contributed by atoms with Gasteiger partial charge in [-0.25, -0.2) is 8.42 Å². The van der Waals surface area contributed by atoms with Crippen molar-refractivity contribution in [2.75, 3.05) is 30.7 Å². The average molecular weight is 474 g/mol. The number of anilines is 1. The molecule has 2 aromatic rings. The molecule has 0 radical (unpaired) electrons. The standard InChI is InChI=1S/C25H35N3O4S/c1-19(24(30)26-5)27(17-16-20-10-8-7-9-11-20)23(29)18-28(33(6,31)32)22-14-12-21(13-15-22)25(2,3)4/h7-15,19H,16-18H2,1-6H3,(H,26,30)/t19-/m1/s1. The lowest BCUT2D eigenvalue weighted by molar-refractivity contribution is -0.138. The molecule has 1 N–H and O–H groups in total. The third-order valence-corrected chi connectivity index (χ3v) is 6.74. The van der Waals surface area contributed by atoms with E-state index in [9.17, 15) is 18.0 Å². The van der Waals surface area contributed by atoms with Gasteiger partial charge in [-0.05, 0) is 42.0 Å². The summed E-state index contributed by atoms with van der Waals surface area (Å²) in [5.74, 6) is -0.746. The van der Waals surface area contributed by atoms with Crippen molar-refractivity contribution in [2.45, 2.75) is 45.6 Å². The Morgan fingerprint density at radius 2 is 1.58 bits per heavy atom. The summed E-state index contributed by atoms with van der Waals surface area (Å²) in [6.07, 6.45) is 1.63. The molecule has 33 heavy (non-hydrogen) atoms. The SMILES string of the molecule is CNC(=O)[C@@H](C)N(CCc1ccccc1)C(=O)CN(c1ccc(C(C)(C)C)cc1)S(C)(=O)=O. The van der Waals surface area contributed by atoms with Crippen LogP contribution in [0, 0.1) is 0 Å². The Bertz CT molecular complexity index is 1050. The van der Waals surface area contributed by atoms with Crippen LogP contribution >= 0.6 is 0 Å². The van der Waals surface area contributed by atoms with Crippen LogP contribution in [0.25, 0.3) is 0 Å². The van der Waals surface area contributed by atoms with Crippen molar-refractivity contribution in [3.8, 4) is 0 Å². The summed E-state index contributed by atoms with van der Waals surface area (Å²) in [6, 6.07) is 16.1. The van der Waals surface area contributed by atoms with Crippen LogP contribution in [0.2, 0.25) is 0 Å². The molecule has 0 aliphatic heterocycles. The number of carbonyl (C=O) groups excluding carboxylic acids is 2. The second-order valence-electron chi connectivity index (χ2n) is 9.18. The highest BCUT2D eigenvalue weighted by Crippen LogP contribution is 2.26. The van der Waals surface area contributed by atoms with Crippen LogP contribution in [0.4, 0.5) is 5.69 Å². The third kappa shape index (κ3) is 7.32. The Labute approximate surface area is 197 Å². The molecule has 0 unspecified atom stereocenters. The maximum absolute atomic E-state index is 13.3. The molecule has 0 saturated carbocycles. The molecule has 0 heterocycles. The Morgan fingerprint density at radius 3 is 2.06 bits per heavy atom. The van der Waals surface area contributed by atoms with Gasteiger partial charge in [0.25, 0.3) is 0 Å². The zero-order valence-corrected chi connectivity index (χ0v) is 21.1. The maximum Gasteiger partial charge on any atom is 0.244 e. The van der Waals surface area contributed by atoms with Gasteiger partial charge in [0.1, 0.15) is 12.6 Å². The van der Waals surface area contributed by atoms with Crippen molar-refractivity contribution in [1.29, 1.82) is 0 Å². The van der Waals surface area contributed by atoms with Gasteiger partial charge in [-0.15, -0.1) is 0 Å². The van der Waals surface area contributed by atoms with E-state index in [0.717, 1.165) is 21.7 Å². The molecular formula is C25H35N3O4S. The van der Waals surface area contributed by atoms with Gasteiger partial charge in [0.15, 0.2) is 0 Å². The quantitative estimate of drug-likeness (QED) is 0.607. The van der Waals surface area contributed by atoms with E-state index in [1.807, 2.05) is 42.5 Å². The molecular weight excluding hydrogens is 438 g/mol. The number of hydrogen-bond acceptors (Lipinski definition) is 4. The lowest BCUT2D eigenvalue weighted by Crippen LogP contribution is -2.51. The molecule has 0 spiro atoms. The summed E-state index contributed by atoms with van der Waals surface area (Å²) in [5, 5.41) is 2.57. The predicted octanol–water partition coefficient (Wildman–Crippen LogP) is 2.96. The van der Waals surface area contributed by atoms with Crippen LogP contribution < -0.4 is 9.62 Å². The first-order valence-electron chi connectivity index (χ1n) is 11.0. The summed E-state index contributed by atoms with van der Waals surface area (Å²) < 4.78 is 26.3. The zero-order valence-electron chi connectivity index (χ0n) is 20.3. The van der Waals surface area contributed by atoms with E-state index in [2.05, 4.69) is 26.1 Å². The number of likely N-dealkylation sites (N-methyl/N-ethyl adjacent to an activating group) is 1. The molecule has 180 valence electrons. The molecule has 2 amide bonds. The van der Waals surface area contributed by atoms with Crippen LogP contribution in [0.3, 0.4) is 0 Å². The largest absolute Gasteiger partial charge is 0.357 e. The van der Waals surface area contributed by atoms with Gasteiger partial charge in [-0.3, -0.25) is 13.9 Å². The summed E-state index contributed by atoms with van der Waals surface area (Å²) in [5.41, 5.74) is 2.41. The van der Waals surface area contributed by atoms with Gasteiger partial charge < -0.3 is 10.2 Å². The van der Waals surface area contributed by atoms with Crippen LogP contribution in [-0.4, -0.2) is 57.6 Å². The van der Waals surface area contributed by atoms with Crippen LogP contribution in [0.1, 0.15) is 38.8 Å². The number of benzene rings is 2. The van der Waals surface area contributed by atoms with Crippen LogP contribution in [0.5, 0.6) is 0 Å². The topological polar surface area (TPSA) is 86.8 Å². The minimum absolute atomic E-state index is 0.0819. The molecule has 1 atom stereocenters. The van der Waals surface area contributed by atoms with E-state index >= 15 is 0 Å². The first kappa shape index (κ1) is 26.4. The molecule has 0 fully saturated rings. The number of nitrogens with one attached hydrogen (secondary N) is 1. The van der Waals surface area contributed by atoms with Crippen molar-refractivity contribution >= 4 is 27.5 Å². The van der Waals surface area contributed by atoms with Crippen molar-refractivity contribution in [1.82, 2.24) is 10.2 Å². The molecule has 7 nitrogen and oxygen atoms in total. The summed E-state index contributed by atoms with van der Waals surface area (Å²) in [4.78, 5) is 27.1.